The molecule has 1 aliphatic heterocycles. The second-order valence-corrected chi connectivity index (χ2v) is 6.38. The second-order valence-electron chi connectivity index (χ2n) is 6.38. The van der Waals surface area contributed by atoms with Crippen molar-refractivity contribution in [3.8, 4) is 0 Å². The molecule has 0 spiro atoms. The van der Waals surface area contributed by atoms with Gasteiger partial charge in [0.15, 0.2) is 0 Å². The van der Waals surface area contributed by atoms with Crippen LogP contribution in [0.3, 0.4) is 0 Å². The van der Waals surface area contributed by atoms with E-state index in [4.69, 9.17) is 5.73 Å². The summed E-state index contributed by atoms with van der Waals surface area (Å²) >= 11 is 0. The minimum atomic E-state index is 0.352. The lowest BCUT2D eigenvalue weighted by atomic mass is 9.87. The Hall–Kier alpha value is -1.80. The summed E-state index contributed by atoms with van der Waals surface area (Å²) in [7, 11) is 0. The minimum Gasteiger partial charge on any atom is -0.338 e. The van der Waals surface area contributed by atoms with Crippen LogP contribution < -0.4 is 10.6 Å². The van der Waals surface area contributed by atoms with Gasteiger partial charge in [-0.25, -0.2) is 0 Å². The molecule has 2 unspecified atom stereocenters. The Labute approximate surface area is 126 Å². The highest BCUT2D eigenvalue weighted by Crippen LogP contribution is 2.42. The highest BCUT2D eigenvalue weighted by molar-refractivity contribution is 5.74. The Morgan fingerprint density at radius 1 is 0.857 bits per heavy atom. The molecular formula is C19H22N2. The lowest BCUT2D eigenvalue weighted by Crippen LogP contribution is -2.41. The molecule has 2 heteroatoms. The number of benzene rings is 2. The van der Waals surface area contributed by atoms with Crippen LogP contribution in [0.25, 0.3) is 0 Å². The van der Waals surface area contributed by atoms with Crippen molar-refractivity contribution in [3.05, 3.63) is 59.7 Å². The second kappa shape index (κ2) is 5.19. The number of anilines is 2. The van der Waals surface area contributed by atoms with Crippen LogP contribution in [-0.4, -0.2) is 12.1 Å². The number of nitrogens with zero attached hydrogens (tertiary/aromatic N) is 1. The molecule has 108 valence electrons. The van der Waals surface area contributed by atoms with E-state index >= 15 is 0 Å². The molecule has 2 atom stereocenters. The first-order valence-corrected chi connectivity index (χ1v) is 8.03. The Morgan fingerprint density at radius 2 is 1.48 bits per heavy atom. The Bertz CT molecular complexity index is 604. The quantitative estimate of drug-likeness (QED) is 0.854. The molecule has 2 aliphatic rings. The smallest absolute Gasteiger partial charge is 0.0449 e. The highest BCUT2D eigenvalue weighted by atomic mass is 15.2. The number of hydrogen-bond acceptors (Lipinski definition) is 2. The maximum absolute atomic E-state index is 6.25. The van der Waals surface area contributed by atoms with E-state index in [-0.39, 0.29) is 0 Å². The van der Waals surface area contributed by atoms with E-state index in [0.717, 1.165) is 12.8 Å². The summed E-state index contributed by atoms with van der Waals surface area (Å²) in [4.78, 5) is 2.56. The Morgan fingerprint density at radius 3 is 2.10 bits per heavy atom. The molecule has 0 radical (unpaired) electrons. The number of hydrogen-bond donors (Lipinski definition) is 1. The van der Waals surface area contributed by atoms with Crippen LogP contribution in [0.4, 0.5) is 11.4 Å². The van der Waals surface area contributed by atoms with E-state index < -0.39 is 0 Å². The molecule has 0 amide bonds. The van der Waals surface area contributed by atoms with Crippen LogP contribution in [0.1, 0.15) is 36.8 Å². The molecule has 1 saturated carbocycles. The first kappa shape index (κ1) is 12.9. The van der Waals surface area contributed by atoms with Crippen molar-refractivity contribution < 1.29 is 0 Å². The fourth-order valence-corrected chi connectivity index (χ4v) is 3.95. The molecule has 2 N–H and O–H groups in total. The van der Waals surface area contributed by atoms with Gasteiger partial charge in [-0.3, -0.25) is 0 Å². The normalized spacial score (nSPS) is 24.3. The topological polar surface area (TPSA) is 29.3 Å². The zero-order valence-corrected chi connectivity index (χ0v) is 12.3. The van der Waals surface area contributed by atoms with E-state index in [1.54, 1.807) is 0 Å². The van der Waals surface area contributed by atoms with Gasteiger partial charge in [0.2, 0.25) is 0 Å². The molecule has 1 fully saturated rings. The van der Waals surface area contributed by atoms with Gasteiger partial charge in [-0.15, -0.1) is 0 Å². The molecule has 0 saturated heterocycles. The lowest BCUT2D eigenvalue weighted by molar-refractivity contribution is 0.387. The summed E-state index contributed by atoms with van der Waals surface area (Å²) < 4.78 is 0. The maximum atomic E-state index is 6.25. The van der Waals surface area contributed by atoms with Crippen molar-refractivity contribution in [2.75, 3.05) is 4.90 Å². The van der Waals surface area contributed by atoms with Crippen LogP contribution in [0.5, 0.6) is 0 Å². The third-order valence-electron chi connectivity index (χ3n) is 4.94. The number of fused-ring (bicyclic) bond motifs is 2. The molecule has 1 heterocycles. The molecule has 0 bridgehead atoms. The van der Waals surface area contributed by atoms with E-state index in [2.05, 4.69) is 53.4 Å². The van der Waals surface area contributed by atoms with E-state index in [9.17, 15) is 0 Å². The van der Waals surface area contributed by atoms with Gasteiger partial charge in [0.1, 0.15) is 0 Å². The SMILES string of the molecule is NC1CCCC(N2c3ccccc3Cc3ccccc32)C1. The van der Waals surface area contributed by atoms with Crippen LogP contribution >= 0.6 is 0 Å². The van der Waals surface area contributed by atoms with Crippen molar-refractivity contribution in [1.82, 2.24) is 0 Å². The highest BCUT2D eigenvalue weighted by Gasteiger charge is 2.31. The van der Waals surface area contributed by atoms with Crippen LogP contribution in [0, 0.1) is 0 Å². The predicted octanol–water partition coefficient (Wildman–Crippen LogP) is 4.00. The van der Waals surface area contributed by atoms with Gasteiger partial charge >= 0.3 is 0 Å². The zero-order valence-electron chi connectivity index (χ0n) is 12.3. The van der Waals surface area contributed by atoms with Crippen molar-refractivity contribution >= 4 is 11.4 Å². The van der Waals surface area contributed by atoms with Crippen LogP contribution in [0.2, 0.25) is 0 Å². The predicted molar refractivity (Wildman–Crippen MR) is 88.1 cm³/mol. The Kier molecular flexibility index (Phi) is 3.19. The maximum Gasteiger partial charge on any atom is 0.0449 e. The Balaban J connectivity index is 1.81. The standard InChI is InChI=1S/C19H22N2/c20-16-8-5-9-17(13-16)21-18-10-3-1-6-14(18)12-15-7-2-4-11-19(15)21/h1-4,6-7,10-11,16-17H,5,8-9,12-13,20H2. The summed E-state index contributed by atoms with van der Waals surface area (Å²) in [6.45, 7) is 0. The zero-order chi connectivity index (χ0) is 14.2. The van der Waals surface area contributed by atoms with Gasteiger partial charge in [-0.05, 0) is 48.9 Å². The average molecular weight is 278 g/mol. The molecule has 1 aliphatic carbocycles. The summed E-state index contributed by atoms with van der Waals surface area (Å²) in [5.41, 5.74) is 11.9. The summed E-state index contributed by atoms with van der Waals surface area (Å²) in [5, 5.41) is 0. The fourth-order valence-electron chi connectivity index (χ4n) is 3.95. The van der Waals surface area contributed by atoms with Crippen molar-refractivity contribution in [2.24, 2.45) is 5.73 Å². The average Bonchev–Trinajstić information content (AvgIpc) is 2.52. The van der Waals surface area contributed by atoms with Crippen molar-refractivity contribution in [1.29, 1.82) is 0 Å². The molecule has 4 rings (SSSR count). The van der Waals surface area contributed by atoms with Gasteiger partial charge in [-0.2, -0.15) is 0 Å². The van der Waals surface area contributed by atoms with Gasteiger partial charge < -0.3 is 10.6 Å². The summed E-state index contributed by atoms with van der Waals surface area (Å²) in [6, 6.07) is 18.6. The van der Waals surface area contributed by atoms with Gasteiger partial charge in [0.05, 0.1) is 0 Å². The van der Waals surface area contributed by atoms with Gasteiger partial charge in [0.25, 0.3) is 0 Å². The van der Waals surface area contributed by atoms with Gasteiger partial charge in [-0.1, -0.05) is 36.4 Å². The molecule has 2 aromatic carbocycles. The summed E-state index contributed by atoms with van der Waals surface area (Å²) in [5.74, 6) is 0. The lowest BCUT2D eigenvalue weighted by Gasteiger charge is -2.42. The van der Waals surface area contributed by atoms with Crippen molar-refractivity contribution in [2.45, 2.75) is 44.2 Å². The molecule has 2 nitrogen and oxygen atoms in total. The van der Waals surface area contributed by atoms with E-state index in [0.29, 0.717) is 12.1 Å². The number of rotatable bonds is 1. The molecule has 21 heavy (non-hydrogen) atoms. The fraction of sp³-hybridized carbons (Fsp3) is 0.368. The van der Waals surface area contributed by atoms with Crippen molar-refractivity contribution in [3.63, 3.8) is 0 Å². The van der Waals surface area contributed by atoms with E-state index in [1.807, 2.05) is 0 Å². The van der Waals surface area contributed by atoms with Crippen LogP contribution in [0.15, 0.2) is 48.5 Å². The molecule has 0 aromatic heterocycles. The first-order chi connectivity index (χ1) is 10.3. The molecule has 2 aromatic rings. The minimum absolute atomic E-state index is 0.352. The number of para-hydroxylation sites is 2. The van der Waals surface area contributed by atoms with Gasteiger partial charge in [0, 0.05) is 29.9 Å². The summed E-state index contributed by atoms with van der Waals surface area (Å²) in [6.07, 6.45) is 5.81. The monoisotopic (exact) mass is 278 g/mol. The third kappa shape index (κ3) is 2.24. The van der Waals surface area contributed by atoms with Crippen LogP contribution in [-0.2, 0) is 6.42 Å². The third-order valence-corrected chi connectivity index (χ3v) is 4.94. The first-order valence-electron chi connectivity index (χ1n) is 8.03. The van der Waals surface area contributed by atoms with E-state index in [1.165, 1.54) is 41.8 Å². The number of nitrogens with two attached hydrogens (primary N) is 1. The largest absolute Gasteiger partial charge is 0.338 e. The molecular weight excluding hydrogens is 256 g/mol.